The molecule has 0 aromatic rings. The summed E-state index contributed by atoms with van der Waals surface area (Å²) in [6.45, 7) is 4.39. The van der Waals surface area contributed by atoms with Gasteiger partial charge in [0.05, 0.1) is 0 Å². The van der Waals surface area contributed by atoms with Gasteiger partial charge < -0.3 is 0 Å². The molecule has 1 aliphatic carbocycles. The zero-order chi connectivity index (χ0) is 8.39. The molecule has 2 heteroatoms. The maximum atomic E-state index is 5.11. The van der Waals surface area contributed by atoms with Gasteiger partial charge in [-0.05, 0) is 24.7 Å². The molecule has 1 saturated heterocycles. The molecule has 0 radical (unpaired) electrons. The molecule has 0 aromatic carbocycles. The van der Waals surface area contributed by atoms with Crippen molar-refractivity contribution in [3.8, 4) is 0 Å². The fourth-order valence-electron chi connectivity index (χ4n) is 2.37. The topological polar surface area (TPSA) is 15.5 Å². The third-order valence-electron chi connectivity index (χ3n) is 3.24. The van der Waals surface area contributed by atoms with E-state index in [2.05, 4.69) is 12.0 Å². The Morgan fingerprint density at radius 3 is 2.75 bits per heavy atom. The van der Waals surface area contributed by atoms with E-state index in [4.69, 9.17) is 4.84 Å². The van der Waals surface area contributed by atoms with Gasteiger partial charge in [-0.25, -0.2) is 0 Å². The molecule has 12 heavy (non-hydrogen) atoms. The van der Waals surface area contributed by atoms with Crippen molar-refractivity contribution in [3.05, 3.63) is 0 Å². The van der Waals surface area contributed by atoms with Crippen molar-refractivity contribution in [1.82, 2.24) is 5.06 Å². The lowest BCUT2D eigenvalue weighted by molar-refractivity contribution is 0.142. The molecule has 0 bridgehead atoms. The van der Waals surface area contributed by atoms with Gasteiger partial charge in [0.2, 0.25) is 0 Å². The van der Waals surface area contributed by atoms with E-state index >= 15 is 0 Å². The second-order valence-corrected chi connectivity index (χ2v) is 4.23. The number of hydroxylamine groups is 2. The summed E-state index contributed by atoms with van der Waals surface area (Å²) in [6.07, 6.45) is 7.15. The van der Waals surface area contributed by atoms with Gasteiger partial charge in [-0.15, -0.1) is 0 Å². The highest BCUT2D eigenvalue weighted by Gasteiger charge is 2.27. The monoisotopic (exact) mass is 169 g/mol. The van der Waals surface area contributed by atoms with Gasteiger partial charge in [0.15, 0.2) is 0 Å². The smallest absolute Gasteiger partial charge is 0.144 e. The van der Waals surface area contributed by atoms with Crippen molar-refractivity contribution in [2.75, 3.05) is 13.3 Å². The van der Waals surface area contributed by atoms with Crippen LogP contribution in [0.4, 0.5) is 0 Å². The van der Waals surface area contributed by atoms with Gasteiger partial charge in [-0.3, -0.25) is 4.84 Å². The van der Waals surface area contributed by atoms with Crippen LogP contribution in [0.15, 0.2) is 0 Å². The van der Waals surface area contributed by atoms with E-state index in [1.54, 1.807) is 0 Å². The second-order valence-electron chi connectivity index (χ2n) is 4.23. The molecule has 1 heterocycles. The summed E-state index contributed by atoms with van der Waals surface area (Å²) in [6, 6.07) is 0. The Kier molecular flexibility index (Phi) is 2.66. The number of hydrogen-bond acceptors (Lipinski definition) is 2. The molecular formula is C10H19NO. The Balaban J connectivity index is 1.73. The van der Waals surface area contributed by atoms with Crippen LogP contribution in [-0.4, -0.2) is 18.3 Å². The van der Waals surface area contributed by atoms with Gasteiger partial charge in [0.1, 0.15) is 6.73 Å². The van der Waals surface area contributed by atoms with Gasteiger partial charge in [0.25, 0.3) is 0 Å². The van der Waals surface area contributed by atoms with Crippen LogP contribution < -0.4 is 0 Å². The summed E-state index contributed by atoms with van der Waals surface area (Å²) < 4.78 is 0. The van der Waals surface area contributed by atoms with Crippen LogP contribution in [0.5, 0.6) is 0 Å². The summed E-state index contributed by atoms with van der Waals surface area (Å²) in [5.41, 5.74) is 0. The van der Waals surface area contributed by atoms with Crippen LogP contribution in [-0.2, 0) is 4.84 Å². The first-order valence-electron chi connectivity index (χ1n) is 5.26. The fourth-order valence-corrected chi connectivity index (χ4v) is 2.37. The largest absolute Gasteiger partial charge is 0.279 e. The average molecular weight is 169 g/mol. The minimum atomic E-state index is 0.882. The van der Waals surface area contributed by atoms with Crippen LogP contribution >= 0.6 is 0 Å². The second kappa shape index (κ2) is 3.75. The lowest BCUT2D eigenvalue weighted by Crippen LogP contribution is -2.21. The number of hydrogen-bond donors (Lipinski definition) is 0. The van der Waals surface area contributed by atoms with E-state index < -0.39 is 0 Å². The van der Waals surface area contributed by atoms with Crippen molar-refractivity contribution in [2.24, 2.45) is 11.8 Å². The van der Waals surface area contributed by atoms with Crippen LogP contribution in [0.3, 0.4) is 0 Å². The standard InChI is InChI=1S/C10H19NO/c1-2-9-4-3-5-10(6-9)7-11-8-12-11/h9-10H,2-8H2,1H3. The Morgan fingerprint density at radius 2 is 2.08 bits per heavy atom. The van der Waals surface area contributed by atoms with E-state index in [0.29, 0.717) is 0 Å². The molecule has 2 rings (SSSR count). The normalized spacial score (nSPS) is 41.2. The third kappa shape index (κ3) is 2.20. The van der Waals surface area contributed by atoms with E-state index in [1.165, 1.54) is 38.6 Å². The molecule has 2 fully saturated rings. The average Bonchev–Trinajstić information content (AvgIpc) is 2.89. The first-order valence-corrected chi connectivity index (χ1v) is 5.26. The maximum absolute atomic E-state index is 5.11. The molecule has 3 atom stereocenters. The Labute approximate surface area is 74.8 Å². The molecule has 0 N–H and O–H groups in total. The first kappa shape index (κ1) is 8.52. The SMILES string of the molecule is CCC1CCCC(CN2CO2)C1. The van der Waals surface area contributed by atoms with Gasteiger partial charge in [-0.2, -0.15) is 5.06 Å². The highest BCUT2D eigenvalue weighted by atomic mass is 16.8. The zero-order valence-electron chi connectivity index (χ0n) is 7.96. The number of nitrogens with zero attached hydrogens (tertiary/aromatic N) is 1. The minimum Gasteiger partial charge on any atom is -0.279 e. The molecule has 70 valence electrons. The van der Waals surface area contributed by atoms with Crippen LogP contribution in [0.2, 0.25) is 0 Å². The summed E-state index contributed by atoms with van der Waals surface area (Å²) in [5.74, 6) is 1.93. The van der Waals surface area contributed by atoms with Crippen molar-refractivity contribution in [2.45, 2.75) is 39.0 Å². The van der Waals surface area contributed by atoms with Crippen molar-refractivity contribution < 1.29 is 4.84 Å². The molecule has 3 unspecified atom stereocenters. The molecule has 2 aliphatic rings. The molecule has 1 saturated carbocycles. The third-order valence-corrected chi connectivity index (χ3v) is 3.24. The van der Waals surface area contributed by atoms with Gasteiger partial charge in [0, 0.05) is 6.54 Å². The van der Waals surface area contributed by atoms with Crippen LogP contribution in [0, 0.1) is 11.8 Å². The minimum absolute atomic E-state index is 0.882. The zero-order valence-corrected chi connectivity index (χ0v) is 7.96. The van der Waals surface area contributed by atoms with E-state index in [-0.39, 0.29) is 0 Å². The van der Waals surface area contributed by atoms with Crippen molar-refractivity contribution in [1.29, 1.82) is 0 Å². The molecule has 0 aromatic heterocycles. The van der Waals surface area contributed by atoms with Gasteiger partial charge >= 0.3 is 0 Å². The molecule has 0 amide bonds. The van der Waals surface area contributed by atoms with E-state index in [1.807, 2.05) is 0 Å². The van der Waals surface area contributed by atoms with Crippen LogP contribution in [0.1, 0.15) is 39.0 Å². The summed E-state index contributed by atoms with van der Waals surface area (Å²) in [7, 11) is 0. The molecule has 0 spiro atoms. The van der Waals surface area contributed by atoms with Crippen LogP contribution in [0.25, 0.3) is 0 Å². The van der Waals surface area contributed by atoms with E-state index in [0.717, 1.165) is 18.6 Å². The van der Waals surface area contributed by atoms with Crippen molar-refractivity contribution in [3.63, 3.8) is 0 Å². The Morgan fingerprint density at radius 1 is 1.33 bits per heavy atom. The highest BCUT2D eigenvalue weighted by Crippen LogP contribution is 2.32. The Hall–Kier alpha value is -0.0800. The van der Waals surface area contributed by atoms with Gasteiger partial charge in [-0.1, -0.05) is 26.2 Å². The quantitative estimate of drug-likeness (QED) is 0.603. The Bertz CT molecular complexity index is 145. The maximum Gasteiger partial charge on any atom is 0.144 e. The molecular weight excluding hydrogens is 150 g/mol. The highest BCUT2D eigenvalue weighted by molar-refractivity contribution is 4.74. The predicted octanol–water partition coefficient (Wildman–Crippen LogP) is 2.41. The van der Waals surface area contributed by atoms with Crippen molar-refractivity contribution >= 4 is 0 Å². The lowest BCUT2D eigenvalue weighted by Gasteiger charge is -2.27. The number of rotatable bonds is 3. The first-order chi connectivity index (χ1) is 5.88. The molecule has 1 aliphatic heterocycles. The summed E-state index contributed by atoms with van der Waals surface area (Å²) >= 11 is 0. The fraction of sp³-hybridized carbons (Fsp3) is 1.00. The van der Waals surface area contributed by atoms with E-state index in [9.17, 15) is 0 Å². The summed E-state index contributed by atoms with van der Waals surface area (Å²) in [5, 5.41) is 2.09. The predicted molar refractivity (Wildman–Crippen MR) is 48.4 cm³/mol. The summed E-state index contributed by atoms with van der Waals surface area (Å²) in [4.78, 5) is 5.11. The lowest BCUT2D eigenvalue weighted by atomic mass is 9.80. The molecule has 2 nitrogen and oxygen atoms in total.